The van der Waals surface area contributed by atoms with Gasteiger partial charge in [0.05, 0.1) is 0 Å². The number of hydrogen-bond acceptors (Lipinski definition) is 3. The molecule has 0 aliphatic rings. The summed E-state index contributed by atoms with van der Waals surface area (Å²) in [4.78, 5) is 1.15. The van der Waals surface area contributed by atoms with Gasteiger partial charge in [-0.2, -0.15) is 0 Å². The zero-order chi connectivity index (χ0) is 12.0. The molecule has 0 fully saturated rings. The van der Waals surface area contributed by atoms with Gasteiger partial charge < -0.3 is 9.47 Å². The van der Waals surface area contributed by atoms with E-state index in [0.29, 0.717) is 5.03 Å². The number of benzene rings is 1. The minimum atomic E-state index is -0.304. The number of halogens is 1. The van der Waals surface area contributed by atoms with Crippen LogP contribution in [0.15, 0.2) is 40.8 Å². The summed E-state index contributed by atoms with van der Waals surface area (Å²) in [5.41, 5.74) is 0.999. The maximum atomic E-state index is 5.70. The van der Waals surface area contributed by atoms with Crippen LogP contribution in [0, 0.1) is 0 Å². The van der Waals surface area contributed by atoms with Crippen molar-refractivity contribution in [3.63, 3.8) is 0 Å². The van der Waals surface area contributed by atoms with Crippen molar-refractivity contribution >= 4 is 23.4 Å². The highest BCUT2D eigenvalue weighted by Gasteiger charge is 2.07. The first-order chi connectivity index (χ1) is 7.67. The van der Waals surface area contributed by atoms with E-state index in [-0.39, 0.29) is 6.29 Å². The van der Waals surface area contributed by atoms with Gasteiger partial charge in [0.1, 0.15) is 0 Å². The van der Waals surface area contributed by atoms with Crippen molar-refractivity contribution in [2.45, 2.75) is 11.2 Å². The lowest BCUT2D eigenvalue weighted by Gasteiger charge is -2.13. The van der Waals surface area contributed by atoms with Crippen molar-refractivity contribution < 1.29 is 9.47 Å². The zero-order valence-electron chi connectivity index (χ0n) is 9.40. The van der Waals surface area contributed by atoms with Crippen LogP contribution in [-0.4, -0.2) is 20.0 Å². The van der Waals surface area contributed by atoms with Crippen LogP contribution in [0.1, 0.15) is 11.9 Å². The van der Waals surface area contributed by atoms with Crippen LogP contribution < -0.4 is 0 Å². The fourth-order valence-electron chi connectivity index (χ4n) is 1.25. The molecule has 1 aromatic rings. The summed E-state index contributed by atoms with van der Waals surface area (Å²) in [6.07, 6.45) is -0.304. The third-order valence-corrected chi connectivity index (χ3v) is 3.37. The van der Waals surface area contributed by atoms with Crippen LogP contribution in [0.4, 0.5) is 0 Å². The second-order valence-electron chi connectivity index (χ2n) is 3.18. The summed E-state index contributed by atoms with van der Waals surface area (Å²) in [5, 5.41) is 0.653. The van der Waals surface area contributed by atoms with Crippen molar-refractivity contribution in [2.24, 2.45) is 0 Å². The lowest BCUT2D eigenvalue weighted by Crippen LogP contribution is -2.02. The highest BCUT2D eigenvalue weighted by atomic mass is 35.5. The van der Waals surface area contributed by atoms with Crippen molar-refractivity contribution in [2.75, 3.05) is 20.0 Å². The molecule has 0 atom stereocenters. The average Bonchev–Trinajstić information content (AvgIpc) is 2.29. The van der Waals surface area contributed by atoms with Crippen LogP contribution in [-0.2, 0) is 9.47 Å². The highest BCUT2D eigenvalue weighted by molar-refractivity contribution is 7.99. The molecule has 0 aliphatic carbocycles. The Morgan fingerprint density at radius 2 is 1.88 bits per heavy atom. The van der Waals surface area contributed by atoms with Gasteiger partial charge in [-0.1, -0.05) is 30.3 Å². The van der Waals surface area contributed by atoms with E-state index in [2.05, 4.69) is 6.58 Å². The first kappa shape index (κ1) is 13.6. The maximum absolute atomic E-state index is 5.70. The Morgan fingerprint density at radius 1 is 1.31 bits per heavy atom. The molecular formula is C12H15ClO2S. The van der Waals surface area contributed by atoms with E-state index in [1.807, 2.05) is 24.3 Å². The number of rotatable bonds is 6. The van der Waals surface area contributed by atoms with Gasteiger partial charge in [0.25, 0.3) is 0 Å². The third kappa shape index (κ3) is 4.18. The SMILES string of the molecule is C=C(Cl)CSc1ccc(C(OC)OC)cc1. The number of methoxy groups -OCH3 is 2. The Labute approximate surface area is 106 Å². The number of hydrogen-bond donors (Lipinski definition) is 0. The van der Waals surface area contributed by atoms with Crippen LogP contribution in [0.25, 0.3) is 0 Å². The minimum Gasteiger partial charge on any atom is -0.352 e. The number of thioether (sulfide) groups is 1. The molecule has 0 amide bonds. The van der Waals surface area contributed by atoms with Gasteiger partial charge in [0.15, 0.2) is 6.29 Å². The zero-order valence-corrected chi connectivity index (χ0v) is 11.0. The van der Waals surface area contributed by atoms with Crippen molar-refractivity contribution in [3.05, 3.63) is 41.4 Å². The van der Waals surface area contributed by atoms with Crippen molar-refractivity contribution in [1.82, 2.24) is 0 Å². The monoisotopic (exact) mass is 258 g/mol. The summed E-state index contributed by atoms with van der Waals surface area (Å²) in [7, 11) is 3.24. The molecule has 0 aliphatic heterocycles. The molecule has 0 bridgehead atoms. The summed E-state index contributed by atoms with van der Waals surface area (Å²) in [6, 6.07) is 8.00. The Kier molecular flexibility index (Phi) is 5.91. The van der Waals surface area contributed by atoms with Gasteiger partial charge >= 0.3 is 0 Å². The largest absolute Gasteiger partial charge is 0.352 e. The van der Waals surface area contributed by atoms with Crippen LogP contribution >= 0.6 is 23.4 Å². The molecule has 1 aromatic carbocycles. The van der Waals surface area contributed by atoms with Gasteiger partial charge in [0.2, 0.25) is 0 Å². The fourth-order valence-corrected chi connectivity index (χ4v) is 2.07. The molecule has 0 saturated carbocycles. The van der Waals surface area contributed by atoms with E-state index in [0.717, 1.165) is 16.2 Å². The molecule has 0 saturated heterocycles. The van der Waals surface area contributed by atoms with E-state index >= 15 is 0 Å². The summed E-state index contributed by atoms with van der Waals surface area (Å²) < 4.78 is 10.3. The Bertz CT molecular complexity index is 333. The normalized spacial score (nSPS) is 10.8. The fraction of sp³-hybridized carbons (Fsp3) is 0.333. The van der Waals surface area contributed by atoms with E-state index in [9.17, 15) is 0 Å². The molecule has 4 heteroatoms. The van der Waals surface area contributed by atoms with Gasteiger partial charge in [-0.15, -0.1) is 11.8 Å². The van der Waals surface area contributed by atoms with Gasteiger partial charge in [-0.3, -0.25) is 0 Å². The predicted octanol–water partition coefficient (Wildman–Crippen LogP) is 3.82. The predicted molar refractivity (Wildman–Crippen MR) is 68.9 cm³/mol. The molecule has 1 rings (SSSR count). The van der Waals surface area contributed by atoms with E-state index in [4.69, 9.17) is 21.1 Å². The second kappa shape index (κ2) is 6.97. The topological polar surface area (TPSA) is 18.5 Å². The molecule has 0 heterocycles. The molecule has 88 valence electrons. The van der Waals surface area contributed by atoms with Gasteiger partial charge in [-0.05, 0) is 12.1 Å². The van der Waals surface area contributed by atoms with E-state index < -0.39 is 0 Å². The molecular weight excluding hydrogens is 244 g/mol. The molecule has 0 N–H and O–H groups in total. The first-order valence-electron chi connectivity index (χ1n) is 4.79. The Balaban J connectivity index is 2.63. The lowest BCUT2D eigenvalue weighted by atomic mass is 10.2. The molecule has 0 aromatic heterocycles. The maximum Gasteiger partial charge on any atom is 0.183 e. The lowest BCUT2D eigenvalue weighted by molar-refractivity contribution is -0.106. The van der Waals surface area contributed by atoms with Crippen molar-refractivity contribution in [1.29, 1.82) is 0 Å². The smallest absolute Gasteiger partial charge is 0.183 e. The van der Waals surface area contributed by atoms with Crippen molar-refractivity contribution in [3.8, 4) is 0 Å². The molecule has 0 unspecified atom stereocenters. The molecule has 0 radical (unpaired) electrons. The second-order valence-corrected chi connectivity index (χ2v) is 4.76. The summed E-state index contributed by atoms with van der Waals surface area (Å²) in [6.45, 7) is 3.65. The Hall–Kier alpha value is -0.480. The Morgan fingerprint density at radius 3 is 2.31 bits per heavy atom. The number of ether oxygens (including phenoxy) is 2. The highest BCUT2D eigenvalue weighted by Crippen LogP contribution is 2.24. The van der Waals surface area contributed by atoms with E-state index in [1.54, 1.807) is 26.0 Å². The average molecular weight is 259 g/mol. The standard InChI is InChI=1S/C12H15ClO2S/c1-9(13)8-16-11-6-4-10(5-7-11)12(14-2)15-3/h4-7,12H,1,8H2,2-3H3. The van der Waals surface area contributed by atoms with Crippen LogP contribution in [0.2, 0.25) is 0 Å². The van der Waals surface area contributed by atoms with Gasteiger partial charge in [-0.25, -0.2) is 0 Å². The molecule has 0 spiro atoms. The van der Waals surface area contributed by atoms with Crippen LogP contribution in [0.3, 0.4) is 0 Å². The summed E-state index contributed by atoms with van der Waals surface area (Å²) >= 11 is 7.35. The third-order valence-electron chi connectivity index (χ3n) is 1.98. The van der Waals surface area contributed by atoms with E-state index in [1.165, 1.54) is 0 Å². The quantitative estimate of drug-likeness (QED) is 0.571. The molecule has 2 nitrogen and oxygen atoms in total. The first-order valence-corrected chi connectivity index (χ1v) is 6.15. The minimum absolute atomic E-state index is 0.304. The van der Waals surface area contributed by atoms with Gasteiger partial charge in [0, 0.05) is 35.5 Å². The summed E-state index contributed by atoms with van der Waals surface area (Å²) in [5.74, 6) is 0.721. The molecule has 16 heavy (non-hydrogen) atoms. The van der Waals surface area contributed by atoms with Crippen LogP contribution in [0.5, 0.6) is 0 Å².